The molecule has 2 aromatic carbocycles. The molecule has 1 saturated heterocycles. The molecular formula is C25H33N5O2. The summed E-state index contributed by atoms with van der Waals surface area (Å²) < 4.78 is 0. The predicted molar refractivity (Wildman–Crippen MR) is 127 cm³/mol. The van der Waals surface area contributed by atoms with E-state index >= 15 is 0 Å². The zero-order valence-corrected chi connectivity index (χ0v) is 18.9. The van der Waals surface area contributed by atoms with Crippen LogP contribution in [0.1, 0.15) is 48.1 Å². The van der Waals surface area contributed by atoms with E-state index in [0.717, 1.165) is 41.6 Å². The van der Waals surface area contributed by atoms with Crippen LogP contribution < -0.4 is 16.8 Å². The molecule has 4 rings (SSSR count). The highest BCUT2D eigenvalue weighted by Gasteiger charge is 2.43. The molecule has 5 N–H and O–H groups in total. The van der Waals surface area contributed by atoms with Crippen molar-refractivity contribution < 1.29 is 9.59 Å². The fourth-order valence-electron chi connectivity index (χ4n) is 4.53. The van der Waals surface area contributed by atoms with Crippen molar-refractivity contribution in [2.45, 2.75) is 37.8 Å². The lowest BCUT2D eigenvalue weighted by Gasteiger charge is -2.43. The molecule has 2 fully saturated rings. The third-order valence-electron chi connectivity index (χ3n) is 6.80. The highest BCUT2D eigenvalue weighted by atomic mass is 16.2. The number of anilines is 1. The van der Waals surface area contributed by atoms with Crippen LogP contribution >= 0.6 is 0 Å². The maximum Gasteiger partial charge on any atom is 0.253 e. The highest BCUT2D eigenvalue weighted by molar-refractivity contribution is 5.95. The van der Waals surface area contributed by atoms with Crippen molar-refractivity contribution in [1.82, 2.24) is 9.80 Å². The molecule has 1 aliphatic heterocycles. The van der Waals surface area contributed by atoms with Crippen molar-refractivity contribution in [2.75, 3.05) is 38.5 Å². The summed E-state index contributed by atoms with van der Waals surface area (Å²) in [6, 6.07) is 13.8. The van der Waals surface area contributed by atoms with E-state index in [4.69, 9.17) is 11.5 Å². The highest BCUT2D eigenvalue weighted by Crippen LogP contribution is 2.31. The molecule has 170 valence electrons. The van der Waals surface area contributed by atoms with E-state index in [1.807, 2.05) is 54.1 Å². The maximum absolute atomic E-state index is 13.0. The Bertz CT molecular complexity index is 990. The minimum absolute atomic E-state index is 0.00319. The number of carbonyl (C=O) groups is 2. The Kier molecular flexibility index (Phi) is 6.22. The summed E-state index contributed by atoms with van der Waals surface area (Å²) in [7, 11) is 1.89. The van der Waals surface area contributed by atoms with Gasteiger partial charge in [-0.3, -0.25) is 9.59 Å². The standard InChI is InChI=1S/C25H33N5O2/c1-17(26)21-16-20(8-9-22(21)28-2)18-4-6-19(7-5-18)23(31)29-12-14-30(15-13-29)24(32)25(27)10-3-11-25/h4-9,16-17,28H,3,10-15,26-27H2,1-2H3. The summed E-state index contributed by atoms with van der Waals surface area (Å²) in [5.74, 6) is 0.0345. The molecule has 7 heteroatoms. The zero-order valence-electron chi connectivity index (χ0n) is 18.9. The number of carbonyl (C=O) groups excluding carboxylic acids is 2. The average Bonchev–Trinajstić information content (AvgIpc) is 2.81. The number of amides is 2. The Morgan fingerprint density at radius 3 is 2.09 bits per heavy atom. The van der Waals surface area contributed by atoms with Crippen LogP contribution in [0.5, 0.6) is 0 Å². The van der Waals surface area contributed by atoms with Crippen LogP contribution in [-0.2, 0) is 4.79 Å². The summed E-state index contributed by atoms with van der Waals surface area (Å²) >= 11 is 0. The molecule has 1 unspecified atom stereocenters. The van der Waals surface area contributed by atoms with Crippen LogP contribution in [0.4, 0.5) is 5.69 Å². The monoisotopic (exact) mass is 435 g/mol. The summed E-state index contributed by atoms with van der Waals surface area (Å²) in [6.45, 7) is 4.12. The van der Waals surface area contributed by atoms with Gasteiger partial charge in [-0.05, 0) is 67.1 Å². The van der Waals surface area contributed by atoms with Crippen molar-refractivity contribution in [3.63, 3.8) is 0 Å². The lowest BCUT2D eigenvalue weighted by Crippen LogP contribution is -2.62. The van der Waals surface area contributed by atoms with Gasteiger partial charge in [-0.2, -0.15) is 0 Å². The van der Waals surface area contributed by atoms with Crippen LogP contribution in [0.15, 0.2) is 42.5 Å². The summed E-state index contributed by atoms with van der Waals surface area (Å²) in [6.07, 6.45) is 2.55. The van der Waals surface area contributed by atoms with Gasteiger partial charge in [0.15, 0.2) is 0 Å². The maximum atomic E-state index is 13.0. The molecule has 1 atom stereocenters. The zero-order chi connectivity index (χ0) is 22.9. The van der Waals surface area contributed by atoms with Gasteiger partial charge in [0, 0.05) is 50.5 Å². The van der Waals surface area contributed by atoms with Crippen LogP contribution in [-0.4, -0.2) is 60.4 Å². The second-order valence-electron chi connectivity index (χ2n) is 9.01. The van der Waals surface area contributed by atoms with Gasteiger partial charge in [0.05, 0.1) is 5.54 Å². The Hall–Kier alpha value is -2.90. The summed E-state index contributed by atoms with van der Waals surface area (Å²) in [5, 5.41) is 3.18. The fraction of sp³-hybridized carbons (Fsp3) is 0.440. The molecule has 2 amide bonds. The van der Waals surface area contributed by atoms with E-state index in [1.54, 1.807) is 0 Å². The second-order valence-corrected chi connectivity index (χ2v) is 9.01. The third kappa shape index (κ3) is 4.23. The Balaban J connectivity index is 1.41. The summed E-state index contributed by atoms with van der Waals surface area (Å²) in [5.41, 5.74) is 16.5. The first-order chi connectivity index (χ1) is 15.3. The number of nitrogens with two attached hydrogens (primary N) is 2. The number of hydrogen-bond acceptors (Lipinski definition) is 5. The van der Waals surface area contributed by atoms with Crippen LogP contribution in [0.3, 0.4) is 0 Å². The Morgan fingerprint density at radius 1 is 0.969 bits per heavy atom. The van der Waals surface area contributed by atoms with E-state index in [0.29, 0.717) is 31.7 Å². The first-order valence-electron chi connectivity index (χ1n) is 11.4. The van der Waals surface area contributed by atoms with Gasteiger partial charge in [0.2, 0.25) is 5.91 Å². The lowest BCUT2D eigenvalue weighted by molar-refractivity contribution is -0.141. The largest absolute Gasteiger partial charge is 0.388 e. The predicted octanol–water partition coefficient (Wildman–Crippen LogP) is 2.58. The number of hydrogen-bond donors (Lipinski definition) is 3. The first kappa shape index (κ1) is 22.3. The molecule has 1 heterocycles. The topological polar surface area (TPSA) is 105 Å². The van der Waals surface area contributed by atoms with Gasteiger partial charge in [-0.25, -0.2) is 0 Å². The van der Waals surface area contributed by atoms with Crippen molar-refractivity contribution in [3.8, 4) is 11.1 Å². The van der Waals surface area contributed by atoms with Crippen LogP contribution in [0, 0.1) is 0 Å². The van der Waals surface area contributed by atoms with E-state index in [2.05, 4.69) is 17.4 Å². The van der Waals surface area contributed by atoms with Gasteiger partial charge in [-0.1, -0.05) is 18.2 Å². The normalized spacial score (nSPS) is 18.6. The average molecular weight is 436 g/mol. The number of piperazine rings is 1. The van der Waals surface area contributed by atoms with Crippen molar-refractivity contribution in [3.05, 3.63) is 53.6 Å². The molecule has 2 aromatic rings. The lowest BCUT2D eigenvalue weighted by atomic mass is 9.76. The molecule has 0 aromatic heterocycles. The molecule has 0 radical (unpaired) electrons. The van der Waals surface area contributed by atoms with Crippen molar-refractivity contribution in [1.29, 1.82) is 0 Å². The third-order valence-corrected chi connectivity index (χ3v) is 6.80. The Morgan fingerprint density at radius 2 is 1.56 bits per heavy atom. The van der Waals surface area contributed by atoms with E-state index < -0.39 is 5.54 Å². The molecule has 1 aliphatic carbocycles. The van der Waals surface area contributed by atoms with Gasteiger partial charge in [0.1, 0.15) is 0 Å². The van der Waals surface area contributed by atoms with Gasteiger partial charge < -0.3 is 26.6 Å². The Labute approximate surface area is 189 Å². The van der Waals surface area contributed by atoms with Gasteiger partial charge in [0.25, 0.3) is 5.91 Å². The number of rotatable bonds is 5. The fourth-order valence-corrected chi connectivity index (χ4v) is 4.53. The van der Waals surface area contributed by atoms with E-state index in [9.17, 15) is 9.59 Å². The minimum atomic E-state index is -0.672. The number of nitrogens with zero attached hydrogens (tertiary/aromatic N) is 2. The van der Waals surface area contributed by atoms with Gasteiger partial charge in [-0.15, -0.1) is 0 Å². The van der Waals surface area contributed by atoms with E-state index in [1.165, 1.54) is 0 Å². The molecule has 1 saturated carbocycles. The second kappa shape index (κ2) is 8.92. The number of benzene rings is 2. The van der Waals surface area contributed by atoms with Crippen molar-refractivity contribution >= 4 is 17.5 Å². The van der Waals surface area contributed by atoms with Crippen LogP contribution in [0.25, 0.3) is 11.1 Å². The quantitative estimate of drug-likeness (QED) is 0.670. The molecule has 0 bridgehead atoms. The molecular weight excluding hydrogens is 402 g/mol. The molecule has 2 aliphatic rings. The van der Waals surface area contributed by atoms with Gasteiger partial charge >= 0.3 is 0 Å². The van der Waals surface area contributed by atoms with Crippen LogP contribution in [0.2, 0.25) is 0 Å². The van der Waals surface area contributed by atoms with E-state index in [-0.39, 0.29) is 17.9 Å². The SMILES string of the molecule is CNc1ccc(-c2ccc(C(=O)N3CCN(C(=O)C4(N)CCC4)CC3)cc2)cc1C(C)N. The summed E-state index contributed by atoms with van der Waals surface area (Å²) in [4.78, 5) is 29.2. The number of nitrogens with one attached hydrogen (secondary N) is 1. The van der Waals surface area contributed by atoms with Crippen molar-refractivity contribution in [2.24, 2.45) is 11.5 Å². The minimum Gasteiger partial charge on any atom is -0.388 e. The first-order valence-corrected chi connectivity index (χ1v) is 11.4. The smallest absolute Gasteiger partial charge is 0.253 e. The molecule has 7 nitrogen and oxygen atoms in total. The molecule has 0 spiro atoms. The molecule has 32 heavy (non-hydrogen) atoms.